The number of ketones is 1. The maximum Gasteiger partial charge on any atom is 2.00 e. The molecule has 0 saturated carbocycles. The topological polar surface area (TPSA) is 94.4 Å². The Balaban J connectivity index is 0.000000284. The molecule has 6 aromatic heterocycles. The van der Waals surface area contributed by atoms with E-state index in [2.05, 4.69) is 78.4 Å². The Hall–Kier alpha value is -4.12. The number of alkyl halides is 3. The summed E-state index contributed by atoms with van der Waals surface area (Å²) in [7, 11) is -21.3. The van der Waals surface area contributed by atoms with Crippen LogP contribution in [-0.4, -0.2) is 40.0 Å². The Kier molecular flexibility index (Phi) is 19.5. The van der Waals surface area contributed by atoms with E-state index in [0.717, 1.165) is 65.4 Å². The van der Waals surface area contributed by atoms with Gasteiger partial charge in [0.2, 0.25) is 0 Å². The third-order valence-electron chi connectivity index (χ3n) is 7.20. The Morgan fingerprint density at radius 2 is 0.597 bits per heavy atom. The number of aromatic nitrogens is 6. The molecule has 0 amide bonds. The monoisotopic (exact) mass is 1180 g/mol. The first kappa shape index (κ1) is 59.0. The number of rotatable bonds is 0. The van der Waals surface area contributed by atoms with E-state index in [1.54, 1.807) is 49.3 Å². The summed E-state index contributed by atoms with van der Waals surface area (Å²) in [6.07, 6.45) is 10.6. The molecule has 0 atom stereocenters. The van der Waals surface area contributed by atoms with Gasteiger partial charge in [-0.15, -0.1) is 0 Å². The number of carbonyl (C=O) groups is 1. The van der Waals surface area contributed by atoms with E-state index >= 15 is 0 Å². The first-order valence-corrected chi connectivity index (χ1v) is 23.8. The van der Waals surface area contributed by atoms with Crippen LogP contribution < -0.4 is 0 Å². The standard InChI is InChI=1S/C12H6Cl2N2.2C12H8N2.C3H6O.CHCl3.2F6P.Ru/c13-9-3-5-15-11-7(9)1-2-8-10(14)4-6-16-12(8)11;2*1-3-9-5-6-10-4-2-8-14-12(10)11(9)13-7-1;1-3(2)4;2-1(3)4;2*1-7(2,3,4,5)6;/h1-6H;2*1-8H;1-2H3;1H;;;/q;;;;;2*-1;+2. The summed E-state index contributed by atoms with van der Waals surface area (Å²) >= 11 is 26.6. The van der Waals surface area contributed by atoms with Crippen LogP contribution in [0.4, 0.5) is 50.4 Å². The van der Waals surface area contributed by atoms with E-state index in [-0.39, 0.29) is 25.3 Å². The van der Waals surface area contributed by atoms with Crippen molar-refractivity contribution < 1.29 is 74.6 Å². The number of halogens is 17. The molecule has 3 aromatic carbocycles. The smallest absolute Gasteiger partial charge is 0.254 e. The Bertz CT molecular complexity index is 2800. The van der Waals surface area contributed by atoms with Gasteiger partial charge < -0.3 is 4.79 Å². The molecular weight excluding hydrogens is 1150 g/mol. The van der Waals surface area contributed by atoms with Crippen molar-refractivity contribution in [2.24, 2.45) is 0 Å². The number of nitrogens with zero attached hydrogens (tertiary/aromatic N) is 6. The number of benzene rings is 3. The molecule has 0 aliphatic rings. The van der Waals surface area contributed by atoms with Crippen LogP contribution in [0.3, 0.4) is 0 Å². The summed E-state index contributed by atoms with van der Waals surface area (Å²) in [5.41, 5.74) is 5.48. The molecule has 0 N–H and O–H groups in total. The van der Waals surface area contributed by atoms with Crippen molar-refractivity contribution in [2.75, 3.05) is 0 Å². The molecule has 0 radical (unpaired) electrons. The van der Waals surface area contributed by atoms with Gasteiger partial charge in [0.15, 0.2) is 4.30 Å². The van der Waals surface area contributed by atoms with Gasteiger partial charge in [0.1, 0.15) is 5.78 Å². The second kappa shape index (κ2) is 22.1. The fourth-order valence-electron chi connectivity index (χ4n) is 5.12. The molecule has 362 valence electrons. The Morgan fingerprint density at radius 1 is 0.403 bits per heavy atom. The largest absolute Gasteiger partial charge is 2.00 e. The van der Waals surface area contributed by atoms with Crippen LogP contribution in [0.15, 0.2) is 134 Å². The number of hydrogen-bond acceptors (Lipinski definition) is 7. The minimum absolute atomic E-state index is 0. The average molecular weight is 1180 g/mol. The number of hydrogen-bond donors (Lipinski definition) is 0. The first-order chi connectivity index (χ1) is 30.0. The number of pyridine rings is 6. The van der Waals surface area contributed by atoms with Crippen LogP contribution in [0, 0.1) is 0 Å². The second-order valence-electron chi connectivity index (χ2n) is 12.9. The maximum absolute atomic E-state index is 10.7. The van der Waals surface area contributed by atoms with Gasteiger partial charge in [0, 0.05) is 69.5 Å². The summed E-state index contributed by atoms with van der Waals surface area (Å²) in [4.78, 5) is 35.4. The first-order valence-electron chi connectivity index (χ1n) is 17.7. The zero-order valence-electron chi connectivity index (χ0n) is 33.5. The van der Waals surface area contributed by atoms with E-state index in [0.29, 0.717) is 10.0 Å². The van der Waals surface area contributed by atoms with E-state index in [4.69, 9.17) is 58.0 Å². The van der Waals surface area contributed by atoms with Crippen molar-refractivity contribution in [1.29, 1.82) is 0 Å². The van der Waals surface area contributed by atoms with Crippen LogP contribution in [-0.2, 0) is 24.3 Å². The molecule has 0 aliphatic carbocycles. The van der Waals surface area contributed by atoms with E-state index in [1.807, 2.05) is 36.4 Å². The minimum Gasteiger partial charge on any atom is -0.254 e. The van der Waals surface area contributed by atoms with Gasteiger partial charge in [-0.25, -0.2) is 0 Å². The summed E-state index contributed by atoms with van der Waals surface area (Å²) < 4.78 is 118. The molecule has 7 nitrogen and oxygen atoms in total. The van der Waals surface area contributed by atoms with Gasteiger partial charge in [0.25, 0.3) is 0 Å². The third-order valence-corrected chi connectivity index (χ3v) is 7.86. The van der Waals surface area contributed by atoms with Gasteiger partial charge in [-0.3, -0.25) is 29.9 Å². The van der Waals surface area contributed by atoms with Crippen LogP contribution in [0.25, 0.3) is 65.4 Å². The Labute approximate surface area is 409 Å². The normalized spacial score (nSPS) is 13.0. The fraction of sp³-hybridized carbons (Fsp3) is 0.0750. The Morgan fingerprint density at radius 3 is 0.806 bits per heavy atom. The molecule has 0 fully saturated rings. The van der Waals surface area contributed by atoms with Crippen LogP contribution in [0.1, 0.15) is 13.8 Å². The van der Waals surface area contributed by atoms with Crippen molar-refractivity contribution in [3.8, 4) is 0 Å². The third kappa shape index (κ3) is 24.6. The molecule has 67 heavy (non-hydrogen) atoms. The van der Waals surface area contributed by atoms with Crippen molar-refractivity contribution in [1.82, 2.24) is 29.9 Å². The zero-order valence-corrected chi connectivity index (χ0v) is 40.9. The average Bonchev–Trinajstić information content (AvgIpc) is 3.19. The van der Waals surface area contributed by atoms with Gasteiger partial charge in [0.05, 0.1) is 43.1 Å². The molecule has 0 bridgehead atoms. The summed E-state index contributed by atoms with van der Waals surface area (Å²) in [5, 5.41) is 7.69. The summed E-state index contributed by atoms with van der Waals surface area (Å²) in [5.74, 6) is 0.167. The quantitative estimate of drug-likeness (QED) is 0.0491. The van der Waals surface area contributed by atoms with Gasteiger partial charge in [-0.05, 0) is 50.2 Å². The fourth-order valence-corrected chi connectivity index (χ4v) is 5.54. The molecule has 0 saturated heterocycles. The molecular formula is C40H29Cl5F12N6OP2Ru. The van der Waals surface area contributed by atoms with Crippen LogP contribution >= 0.6 is 73.6 Å². The van der Waals surface area contributed by atoms with Crippen molar-refractivity contribution in [2.45, 2.75) is 18.1 Å². The molecule has 0 unspecified atom stereocenters. The number of carbonyl (C=O) groups excluding carboxylic acids is 1. The number of fused-ring (bicyclic) bond motifs is 9. The van der Waals surface area contributed by atoms with Crippen molar-refractivity contribution >= 4 is 145 Å². The van der Waals surface area contributed by atoms with Crippen LogP contribution in [0.5, 0.6) is 0 Å². The van der Waals surface area contributed by atoms with E-state index < -0.39 is 19.9 Å². The van der Waals surface area contributed by atoms with Crippen LogP contribution in [0.2, 0.25) is 10.0 Å². The zero-order chi connectivity index (χ0) is 49.9. The minimum atomic E-state index is -10.7. The summed E-state index contributed by atoms with van der Waals surface area (Å²) in [6.45, 7) is 3.06. The molecule has 6 heterocycles. The molecule has 0 spiro atoms. The molecule has 0 aliphatic heterocycles. The van der Waals surface area contributed by atoms with E-state index in [1.165, 1.54) is 13.8 Å². The molecule has 27 heteroatoms. The molecule has 9 rings (SSSR count). The van der Waals surface area contributed by atoms with Crippen molar-refractivity contribution in [3.05, 3.63) is 144 Å². The maximum atomic E-state index is 9.87. The van der Waals surface area contributed by atoms with E-state index in [9.17, 15) is 55.2 Å². The van der Waals surface area contributed by atoms with Gasteiger partial charge >= 0.3 is 85.5 Å². The molecule has 9 aromatic rings. The predicted molar refractivity (Wildman–Crippen MR) is 246 cm³/mol. The number of Topliss-reactive ketones (excluding diaryl/α,β-unsaturated/α-hetero) is 1. The van der Waals surface area contributed by atoms with Crippen molar-refractivity contribution in [3.63, 3.8) is 0 Å². The van der Waals surface area contributed by atoms with Gasteiger partial charge in [-0.2, -0.15) is 0 Å². The predicted octanol–water partition coefficient (Wildman–Crippen LogP) is 19.0. The second-order valence-corrected chi connectivity index (χ2v) is 19.6. The summed E-state index contributed by atoms with van der Waals surface area (Å²) in [6, 6.07) is 31.6. The van der Waals surface area contributed by atoms with Gasteiger partial charge in [-0.1, -0.05) is 119 Å². The SMILES string of the molecule is CC(C)=O.ClC(Cl)Cl.Clc1ccnc2c1ccc1c(Cl)ccnc12.F[P-](F)(F)(F)(F)F.F[P-](F)(F)(F)(F)F.[Ru+2].c1cnc2c(c1)ccc1cccnc12.c1cnc2c(c1)ccc1cccnc12.